The number of rotatable bonds is 4. The molecule has 0 N–H and O–H groups in total. The molecule has 1 fully saturated rings. The molecule has 0 unspecified atom stereocenters. The number of fused-ring (bicyclic) bond motifs is 1. The Labute approximate surface area is 131 Å². The van der Waals surface area contributed by atoms with Gasteiger partial charge in [-0.3, -0.25) is 9.78 Å². The highest BCUT2D eigenvalue weighted by Crippen LogP contribution is 2.31. The van der Waals surface area contributed by atoms with Crippen LogP contribution >= 0.6 is 0 Å². The van der Waals surface area contributed by atoms with Crippen LogP contribution in [0.4, 0.5) is 8.78 Å². The van der Waals surface area contributed by atoms with Crippen LogP contribution in [0.25, 0.3) is 22.2 Å². The molecule has 2 aromatic heterocycles. The Bertz CT molecular complexity index is 895. The molecular weight excluding hydrogens is 298 g/mol. The minimum Gasteiger partial charge on any atom is -0.336 e. The van der Waals surface area contributed by atoms with Crippen LogP contribution in [0.2, 0.25) is 0 Å². The third kappa shape index (κ3) is 2.63. The number of Topliss-reactive ketones (excluding diaryl/α,β-unsaturated/α-hetero) is 1. The van der Waals surface area contributed by atoms with Crippen molar-refractivity contribution in [1.29, 1.82) is 0 Å². The topological polar surface area (TPSA) is 34.9 Å². The van der Waals surface area contributed by atoms with Crippen molar-refractivity contribution in [3.05, 3.63) is 54.4 Å². The van der Waals surface area contributed by atoms with Crippen LogP contribution in [-0.4, -0.2) is 15.3 Å². The molecule has 0 spiro atoms. The summed E-state index contributed by atoms with van der Waals surface area (Å²) >= 11 is 0. The van der Waals surface area contributed by atoms with Crippen LogP contribution in [-0.2, 0) is 11.3 Å². The van der Waals surface area contributed by atoms with Gasteiger partial charge in [0.2, 0.25) is 0 Å². The third-order valence-corrected chi connectivity index (χ3v) is 4.21. The van der Waals surface area contributed by atoms with Gasteiger partial charge in [0.1, 0.15) is 11.3 Å². The fourth-order valence-electron chi connectivity index (χ4n) is 2.76. The summed E-state index contributed by atoms with van der Waals surface area (Å²) in [6, 6.07) is 7.83. The molecule has 3 aromatic rings. The minimum atomic E-state index is -0.436. The van der Waals surface area contributed by atoms with E-state index in [-0.39, 0.29) is 29.6 Å². The predicted octanol–water partition coefficient (Wildman–Crippen LogP) is 3.96. The Morgan fingerprint density at radius 2 is 1.91 bits per heavy atom. The van der Waals surface area contributed by atoms with Gasteiger partial charge < -0.3 is 4.57 Å². The maximum absolute atomic E-state index is 14.0. The van der Waals surface area contributed by atoms with Crippen molar-refractivity contribution in [2.75, 3.05) is 0 Å². The molecule has 0 amide bonds. The van der Waals surface area contributed by atoms with E-state index in [2.05, 4.69) is 4.98 Å². The van der Waals surface area contributed by atoms with Gasteiger partial charge in [0.15, 0.2) is 11.6 Å². The number of ketones is 1. The number of hydrogen-bond acceptors (Lipinski definition) is 2. The van der Waals surface area contributed by atoms with E-state index < -0.39 is 5.82 Å². The van der Waals surface area contributed by atoms with Gasteiger partial charge in [-0.1, -0.05) is 12.1 Å². The van der Waals surface area contributed by atoms with Gasteiger partial charge in [-0.2, -0.15) is 0 Å². The standard InChI is InChI=1S/C18H14F2N2O/c19-14-5-3-11(4-6-14)13-7-16-18(21-8-13)15(20)9-22(16)10-17(23)12-1-2-12/h3-9,12H,1-2,10H2. The van der Waals surface area contributed by atoms with Crippen molar-refractivity contribution in [2.45, 2.75) is 19.4 Å². The molecule has 2 heterocycles. The van der Waals surface area contributed by atoms with Gasteiger partial charge in [-0.15, -0.1) is 0 Å². The van der Waals surface area contributed by atoms with Crippen molar-refractivity contribution < 1.29 is 13.6 Å². The summed E-state index contributed by atoms with van der Waals surface area (Å²) in [6.45, 7) is 0.166. The van der Waals surface area contributed by atoms with E-state index >= 15 is 0 Å². The number of carbonyl (C=O) groups is 1. The van der Waals surface area contributed by atoms with E-state index in [9.17, 15) is 13.6 Å². The summed E-state index contributed by atoms with van der Waals surface area (Å²) < 4.78 is 28.7. The van der Waals surface area contributed by atoms with Crippen LogP contribution in [0.5, 0.6) is 0 Å². The molecule has 23 heavy (non-hydrogen) atoms. The molecule has 0 saturated heterocycles. The van der Waals surface area contributed by atoms with Gasteiger partial charge in [0.25, 0.3) is 0 Å². The van der Waals surface area contributed by atoms with Crippen molar-refractivity contribution in [3.63, 3.8) is 0 Å². The highest BCUT2D eigenvalue weighted by molar-refractivity contribution is 5.87. The highest BCUT2D eigenvalue weighted by atomic mass is 19.1. The van der Waals surface area contributed by atoms with E-state index in [4.69, 9.17) is 0 Å². The molecule has 0 bridgehead atoms. The third-order valence-electron chi connectivity index (χ3n) is 4.21. The molecule has 5 heteroatoms. The first-order valence-corrected chi connectivity index (χ1v) is 7.55. The summed E-state index contributed by atoms with van der Waals surface area (Å²) in [4.78, 5) is 16.2. The van der Waals surface area contributed by atoms with Crippen molar-refractivity contribution in [2.24, 2.45) is 5.92 Å². The zero-order chi connectivity index (χ0) is 16.0. The first kappa shape index (κ1) is 14.1. The normalized spacial score (nSPS) is 14.3. The lowest BCUT2D eigenvalue weighted by molar-refractivity contribution is -0.120. The molecular formula is C18H14F2N2O. The first-order chi connectivity index (χ1) is 11.1. The second-order valence-corrected chi connectivity index (χ2v) is 5.94. The second-order valence-electron chi connectivity index (χ2n) is 5.94. The minimum absolute atomic E-state index is 0.128. The summed E-state index contributed by atoms with van der Waals surface area (Å²) in [5.41, 5.74) is 2.39. The molecule has 1 aliphatic rings. The number of aromatic nitrogens is 2. The van der Waals surface area contributed by atoms with Crippen molar-refractivity contribution >= 4 is 16.8 Å². The van der Waals surface area contributed by atoms with Crippen molar-refractivity contribution in [3.8, 4) is 11.1 Å². The maximum Gasteiger partial charge on any atom is 0.167 e. The molecule has 0 aliphatic heterocycles. The van der Waals surface area contributed by atoms with E-state index in [1.807, 2.05) is 0 Å². The van der Waals surface area contributed by atoms with Gasteiger partial charge >= 0.3 is 0 Å². The number of halogens is 2. The molecule has 0 atom stereocenters. The Kier molecular flexibility index (Phi) is 3.22. The SMILES string of the molecule is O=C(Cn1cc(F)c2ncc(-c3ccc(F)cc3)cc21)C1CC1. The second kappa shape index (κ2) is 5.26. The van der Waals surface area contributed by atoms with Gasteiger partial charge in [0, 0.05) is 23.9 Å². The fourth-order valence-corrected chi connectivity index (χ4v) is 2.76. The van der Waals surface area contributed by atoms with E-state index in [1.165, 1.54) is 18.3 Å². The van der Waals surface area contributed by atoms with E-state index in [1.54, 1.807) is 29.0 Å². The van der Waals surface area contributed by atoms with Gasteiger partial charge in [0.05, 0.1) is 12.1 Å². The summed E-state index contributed by atoms with van der Waals surface area (Å²) in [5.74, 6) is -0.487. The van der Waals surface area contributed by atoms with Crippen molar-refractivity contribution in [1.82, 2.24) is 9.55 Å². The first-order valence-electron chi connectivity index (χ1n) is 7.55. The molecule has 4 rings (SSSR count). The average molecular weight is 312 g/mol. The smallest absolute Gasteiger partial charge is 0.167 e. The summed E-state index contributed by atoms with van der Waals surface area (Å²) in [5, 5.41) is 0. The lowest BCUT2D eigenvalue weighted by Gasteiger charge is -2.06. The Balaban J connectivity index is 1.76. The zero-order valence-corrected chi connectivity index (χ0v) is 12.3. The van der Waals surface area contributed by atoms with Crippen LogP contribution in [0, 0.1) is 17.6 Å². The lowest BCUT2D eigenvalue weighted by Crippen LogP contribution is -2.10. The van der Waals surface area contributed by atoms with Crippen LogP contribution in [0.3, 0.4) is 0 Å². The van der Waals surface area contributed by atoms with Crippen LogP contribution in [0.15, 0.2) is 42.7 Å². The molecule has 1 saturated carbocycles. The Morgan fingerprint density at radius 1 is 1.17 bits per heavy atom. The molecule has 3 nitrogen and oxygen atoms in total. The molecule has 0 radical (unpaired) electrons. The maximum atomic E-state index is 14.0. The number of hydrogen-bond donors (Lipinski definition) is 0. The summed E-state index contributed by atoms with van der Waals surface area (Å²) in [7, 11) is 0. The number of benzene rings is 1. The fraction of sp³-hybridized carbons (Fsp3) is 0.222. The quantitative estimate of drug-likeness (QED) is 0.731. The zero-order valence-electron chi connectivity index (χ0n) is 12.3. The molecule has 1 aromatic carbocycles. The number of pyridine rings is 1. The lowest BCUT2D eigenvalue weighted by atomic mass is 10.1. The van der Waals surface area contributed by atoms with Crippen LogP contribution in [0.1, 0.15) is 12.8 Å². The van der Waals surface area contributed by atoms with Gasteiger partial charge in [-0.25, -0.2) is 8.78 Å². The average Bonchev–Trinajstić information content (AvgIpc) is 3.35. The monoisotopic (exact) mass is 312 g/mol. The highest BCUT2D eigenvalue weighted by Gasteiger charge is 2.29. The number of nitrogens with zero attached hydrogens (tertiary/aromatic N) is 2. The number of carbonyl (C=O) groups excluding carboxylic acids is 1. The predicted molar refractivity (Wildman–Crippen MR) is 82.8 cm³/mol. The Morgan fingerprint density at radius 3 is 2.61 bits per heavy atom. The van der Waals surface area contributed by atoms with E-state index in [0.29, 0.717) is 5.52 Å². The van der Waals surface area contributed by atoms with E-state index in [0.717, 1.165) is 24.0 Å². The van der Waals surface area contributed by atoms with Gasteiger partial charge in [-0.05, 0) is 36.6 Å². The molecule has 116 valence electrons. The van der Waals surface area contributed by atoms with Crippen LogP contribution < -0.4 is 0 Å². The summed E-state index contributed by atoms with van der Waals surface area (Å²) in [6.07, 6.45) is 4.75. The Hall–Kier alpha value is -2.56. The largest absolute Gasteiger partial charge is 0.336 e. The molecule has 1 aliphatic carbocycles.